The van der Waals surface area contributed by atoms with Crippen molar-refractivity contribution in [2.24, 2.45) is 0 Å². The molecule has 2 rings (SSSR count). The molecule has 20 heavy (non-hydrogen) atoms. The number of hydrogen-bond donors (Lipinski definition) is 2. The predicted octanol–water partition coefficient (Wildman–Crippen LogP) is -1.86. The van der Waals surface area contributed by atoms with Crippen molar-refractivity contribution < 1.29 is 13.2 Å². The number of sulfonamides is 1. The van der Waals surface area contributed by atoms with Crippen LogP contribution >= 0.6 is 0 Å². The van der Waals surface area contributed by atoms with Crippen LogP contribution in [0.1, 0.15) is 0 Å². The lowest BCUT2D eigenvalue weighted by molar-refractivity contribution is 0.0390. The van der Waals surface area contributed by atoms with Gasteiger partial charge in [-0.2, -0.15) is 0 Å². The first kappa shape index (κ1) is 16.1. The Labute approximate surface area is 121 Å². The minimum atomic E-state index is -3.15. The first-order chi connectivity index (χ1) is 9.66. The summed E-state index contributed by atoms with van der Waals surface area (Å²) in [6.07, 6.45) is 0. The Kier molecular flexibility index (Phi) is 6.66. The van der Waals surface area contributed by atoms with Gasteiger partial charge < -0.3 is 10.1 Å². The second kappa shape index (κ2) is 8.26. The Balaban J connectivity index is 1.60. The maximum absolute atomic E-state index is 11.9. The lowest BCUT2D eigenvalue weighted by Gasteiger charge is -2.27. The summed E-state index contributed by atoms with van der Waals surface area (Å²) in [4.78, 5) is 4.42. The number of piperazine rings is 1. The topological polar surface area (TPSA) is 73.9 Å². The summed E-state index contributed by atoms with van der Waals surface area (Å²) in [5, 5.41) is 3.26. The fourth-order valence-electron chi connectivity index (χ4n) is 2.44. The Bertz CT molecular complexity index is 365. The smallest absolute Gasteiger partial charge is 0.212 e. The molecule has 2 aliphatic heterocycles. The molecule has 0 aromatic carbocycles. The van der Waals surface area contributed by atoms with Gasteiger partial charge in [-0.05, 0) is 0 Å². The summed E-state index contributed by atoms with van der Waals surface area (Å²) in [5.41, 5.74) is 0. The van der Waals surface area contributed by atoms with Crippen LogP contribution < -0.4 is 10.0 Å². The number of nitrogens with one attached hydrogen (secondary N) is 2. The van der Waals surface area contributed by atoms with Crippen molar-refractivity contribution in [2.75, 3.05) is 77.9 Å². The number of hydrogen-bond acceptors (Lipinski definition) is 6. The quantitative estimate of drug-likeness (QED) is 0.575. The second-order valence-electron chi connectivity index (χ2n) is 5.26. The van der Waals surface area contributed by atoms with Crippen LogP contribution in [0.25, 0.3) is 0 Å². The van der Waals surface area contributed by atoms with Crippen LogP contribution in [0.5, 0.6) is 0 Å². The molecular weight excluding hydrogens is 280 g/mol. The molecule has 0 aliphatic carbocycles. The second-order valence-corrected chi connectivity index (χ2v) is 7.19. The molecular formula is C12H26N4O3S. The summed E-state index contributed by atoms with van der Waals surface area (Å²) < 4.78 is 31.8. The first-order valence-corrected chi connectivity index (χ1v) is 9.01. The van der Waals surface area contributed by atoms with E-state index in [9.17, 15) is 8.42 Å². The van der Waals surface area contributed by atoms with E-state index in [2.05, 4.69) is 19.8 Å². The molecule has 2 heterocycles. The molecule has 0 saturated carbocycles. The predicted molar refractivity (Wildman–Crippen MR) is 78.4 cm³/mol. The maximum Gasteiger partial charge on any atom is 0.212 e. The van der Waals surface area contributed by atoms with Gasteiger partial charge in [0.2, 0.25) is 10.0 Å². The normalized spacial score (nSPS) is 23.0. The summed E-state index contributed by atoms with van der Waals surface area (Å²) in [7, 11) is -3.15. The Hall–Kier alpha value is -0.250. The van der Waals surface area contributed by atoms with Crippen LogP contribution in [0.15, 0.2) is 0 Å². The summed E-state index contributed by atoms with van der Waals surface area (Å²) in [6, 6.07) is 0. The van der Waals surface area contributed by atoms with E-state index in [1.54, 1.807) is 0 Å². The van der Waals surface area contributed by atoms with Crippen LogP contribution in [-0.2, 0) is 14.8 Å². The van der Waals surface area contributed by atoms with Crippen molar-refractivity contribution in [3.8, 4) is 0 Å². The molecule has 0 radical (unpaired) electrons. The van der Waals surface area contributed by atoms with Gasteiger partial charge in [0, 0.05) is 58.9 Å². The third kappa shape index (κ3) is 6.02. The Morgan fingerprint density at radius 1 is 1.00 bits per heavy atom. The summed E-state index contributed by atoms with van der Waals surface area (Å²) >= 11 is 0. The Morgan fingerprint density at radius 2 is 1.65 bits per heavy atom. The van der Waals surface area contributed by atoms with Gasteiger partial charge in [0.15, 0.2) is 0 Å². The van der Waals surface area contributed by atoms with Gasteiger partial charge >= 0.3 is 0 Å². The van der Waals surface area contributed by atoms with Gasteiger partial charge in [0.05, 0.1) is 19.0 Å². The molecule has 2 aliphatic rings. The van der Waals surface area contributed by atoms with Gasteiger partial charge in [-0.15, -0.1) is 0 Å². The molecule has 0 spiro atoms. The van der Waals surface area contributed by atoms with Crippen LogP contribution in [0.3, 0.4) is 0 Å². The maximum atomic E-state index is 11.9. The molecule has 118 valence electrons. The van der Waals surface area contributed by atoms with E-state index >= 15 is 0 Å². The number of ether oxygens (including phenoxy) is 1. The molecule has 8 heteroatoms. The van der Waals surface area contributed by atoms with E-state index in [0.29, 0.717) is 13.1 Å². The van der Waals surface area contributed by atoms with Crippen molar-refractivity contribution in [3.63, 3.8) is 0 Å². The molecule has 0 amide bonds. The first-order valence-electron chi connectivity index (χ1n) is 7.36. The van der Waals surface area contributed by atoms with Crippen LogP contribution in [-0.4, -0.2) is 96.1 Å². The average molecular weight is 306 g/mol. The molecule has 0 bridgehead atoms. The molecule has 0 aromatic rings. The monoisotopic (exact) mass is 306 g/mol. The zero-order chi connectivity index (χ0) is 14.3. The summed E-state index contributed by atoms with van der Waals surface area (Å²) in [5.74, 6) is 0.191. The molecule has 2 N–H and O–H groups in total. The van der Waals surface area contributed by atoms with Gasteiger partial charge in [-0.1, -0.05) is 0 Å². The van der Waals surface area contributed by atoms with Crippen molar-refractivity contribution in [1.82, 2.24) is 19.8 Å². The molecule has 0 atom stereocenters. The highest BCUT2D eigenvalue weighted by Gasteiger charge is 2.16. The third-order valence-corrected chi connectivity index (χ3v) is 5.10. The minimum Gasteiger partial charge on any atom is -0.379 e. The standard InChI is InChI=1S/C12H26N4O3S/c17-20(18,12-9-15-4-1-13-2-5-15)14-3-6-16-7-10-19-11-8-16/h13-14H,1-12H2. The third-order valence-electron chi connectivity index (χ3n) is 3.74. The van der Waals surface area contributed by atoms with Crippen molar-refractivity contribution in [2.45, 2.75) is 0 Å². The van der Waals surface area contributed by atoms with Gasteiger partial charge in [-0.25, -0.2) is 13.1 Å². The van der Waals surface area contributed by atoms with Gasteiger partial charge in [-0.3, -0.25) is 9.80 Å². The zero-order valence-electron chi connectivity index (χ0n) is 12.0. The van der Waals surface area contributed by atoms with E-state index in [0.717, 1.165) is 59.0 Å². The molecule has 0 unspecified atom stereocenters. The molecule has 7 nitrogen and oxygen atoms in total. The van der Waals surface area contributed by atoms with E-state index < -0.39 is 10.0 Å². The highest BCUT2D eigenvalue weighted by atomic mass is 32.2. The highest BCUT2D eigenvalue weighted by Crippen LogP contribution is 1.97. The van der Waals surface area contributed by atoms with Crippen LogP contribution in [0.2, 0.25) is 0 Å². The van der Waals surface area contributed by atoms with Crippen molar-refractivity contribution in [1.29, 1.82) is 0 Å². The Morgan fingerprint density at radius 3 is 2.35 bits per heavy atom. The van der Waals surface area contributed by atoms with E-state index in [-0.39, 0.29) is 5.75 Å². The number of rotatable bonds is 7. The van der Waals surface area contributed by atoms with E-state index in [1.807, 2.05) is 0 Å². The average Bonchev–Trinajstić information content (AvgIpc) is 2.47. The molecule has 2 saturated heterocycles. The highest BCUT2D eigenvalue weighted by molar-refractivity contribution is 7.89. The zero-order valence-corrected chi connectivity index (χ0v) is 12.8. The van der Waals surface area contributed by atoms with Crippen LogP contribution in [0, 0.1) is 0 Å². The van der Waals surface area contributed by atoms with Gasteiger partial charge in [0.1, 0.15) is 0 Å². The van der Waals surface area contributed by atoms with Crippen LogP contribution in [0.4, 0.5) is 0 Å². The van der Waals surface area contributed by atoms with E-state index in [1.165, 1.54) is 0 Å². The fourth-order valence-corrected chi connectivity index (χ4v) is 3.49. The number of morpholine rings is 1. The van der Waals surface area contributed by atoms with Gasteiger partial charge in [0.25, 0.3) is 0 Å². The SMILES string of the molecule is O=S(=O)(CCN1CCNCC1)NCCN1CCOCC1. The lowest BCUT2D eigenvalue weighted by atomic mass is 10.4. The van der Waals surface area contributed by atoms with Crippen molar-refractivity contribution >= 4 is 10.0 Å². The number of nitrogens with zero attached hydrogens (tertiary/aromatic N) is 2. The largest absolute Gasteiger partial charge is 0.379 e. The molecule has 0 aromatic heterocycles. The minimum absolute atomic E-state index is 0.191. The van der Waals surface area contributed by atoms with E-state index in [4.69, 9.17) is 4.74 Å². The summed E-state index contributed by atoms with van der Waals surface area (Å²) in [6.45, 7) is 8.91. The lowest BCUT2D eigenvalue weighted by Crippen LogP contribution is -2.46. The van der Waals surface area contributed by atoms with Crippen molar-refractivity contribution in [3.05, 3.63) is 0 Å². The molecule has 2 fully saturated rings. The fraction of sp³-hybridized carbons (Fsp3) is 1.00.